The van der Waals surface area contributed by atoms with Crippen LogP contribution in [0.25, 0.3) is 0 Å². The van der Waals surface area contributed by atoms with Crippen LogP contribution in [0.2, 0.25) is 0 Å². The first-order valence-corrected chi connectivity index (χ1v) is 8.66. The van der Waals surface area contributed by atoms with Gasteiger partial charge in [-0.3, -0.25) is 9.59 Å². The van der Waals surface area contributed by atoms with Crippen LogP contribution in [0, 0.1) is 11.8 Å². The van der Waals surface area contributed by atoms with Crippen LogP contribution in [0.4, 0.5) is 0 Å². The lowest BCUT2D eigenvalue weighted by Crippen LogP contribution is -2.41. The third-order valence-corrected chi connectivity index (χ3v) is 5.69. The van der Waals surface area contributed by atoms with Gasteiger partial charge in [-0.2, -0.15) is 0 Å². The number of rotatable bonds is 3. The van der Waals surface area contributed by atoms with Crippen LogP contribution in [0.3, 0.4) is 0 Å². The third kappa shape index (κ3) is 3.26. The molecule has 0 bridgehead atoms. The fraction of sp³-hybridized carbons (Fsp3) is 0.579. The van der Waals surface area contributed by atoms with Gasteiger partial charge >= 0.3 is 5.97 Å². The maximum atomic E-state index is 12.8. The predicted molar refractivity (Wildman–Crippen MR) is 88.1 cm³/mol. The highest BCUT2D eigenvalue weighted by Gasteiger charge is 2.39. The van der Waals surface area contributed by atoms with Gasteiger partial charge in [0.25, 0.3) is 0 Å². The summed E-state index contributed by atoms with van der Waals surface area (Å²) in [5.74, 6) is -0.306. The van der Waals surface area contributed by atoms with Crippen molar-refractivity contribution >= 4 is 11.9 Å². The number of likely N-dealkylation sites (tertiary alicyclic amines) is 1. The van der Waals surface area contributed by atoms with Gasteiger partial charge in [0.1, 0.15) is 0 Å². The minimum Gasteiger partial charge on any atom is -0.481 e. The van der Waals surface area contributed by atoms with Crippen molar-refractivity contribution in [3.8, 4) is 0 Å². The summed E-state index contributed by atoms with van der Waals surface area (Å²) >= 11 is 0. The molecular weight excluding hydrogens is 290 g/mol. The van der Waals surface area contributed by atoms with Gasteiger partial charge in [-0.15, -0.1) is 0 Å². The van der Waals surface area contributed by atoms with E-state index in [4.69, 9.17) is 5.11 Å². The first-order chi connectivity index (χ1) is 11.1. The number of hydrogen-bond donors (Lipinski definition) is 1. The number of carboxylic acid groups (broad SMARTS) is 1. The van der Waals surface area contributed by atoms with Crippen molar-refractivity contribution in [2.24, 2.45) is 11.8 Å². The van der Waals surface area contributed by atoms with E-state index < -0.39 is 5.97 Å². The number of benzene rings is 1. The van der Waals surface area contributed by atoms with Crippen molar-refractivity contribution < 1.29 is 14.7 Å². The highest BCUT2D eigenvalue weighted by molar-refractivity contribution is 5.80. The highest BCUT2D eigenvalue weighted by atomic mass is 16.4. The molecule has 3 rings (SSSR count). The zero-order valence-corrected chi connectivity index (χ0v) is 13.6. The Labute approximate surface area is 137 Å². The van der Waals surface area contributed by atoms with Crippen molar-refractivity contribution in [3.63, 3.8) is 0 Å². The topological polar surface area (TPSA) is 57.6 Å². The first-order valence-electron chi connectivity index (χ1n) is 8.66. The number of carbonyl (C=O) groups excluding carboxylic acids is 1. The van der Waals surface area contributed by atoms with E-state index in [0.29, 0.717) is 18.8 Å². The van der Waals surface area contributed by atoms with Crippen LogP contribution in [-0.4, -0.2) is 34.5 Å². The molecule has 124 valence electrons. The molecule has 2 fully saturated rings. The van der Waals surface area contributed by atoms with Gasteiger partial charge in [-0.1, -0.05) is 30.3 Å². The summed E-state index contributed by atoms with van der Waals surface area (Å²) in [7, 11) is 0. The molecule has 1 aromatic carbocycles. The summed E-state index contributed by atoms with van der Waals surface area (Å²) in [5.41, 5.74) is 1.31. The van der Waals surface area contributed by atoms with E-state index in [0.717, 1.165) is 25.8 Å². The molecule has 2 unspecified atom stereocenters. The Balaban J connectivity index is 1.62. The van der Waals surface area contributed by atoms with E-state index in [1.54, 1.807) is 0 Å². The number of carboxylic acids is 1. The normalized spacial score (nSPS) is 31.1. The Hall–Kier alpha value is -1.84. The minimum atomic E-state index is -0.713. The Morgan fingerprint density at radius 2 is 1.61 bits per heavy atom. The minimum absolute atomic E-state index is 0.0163. The van der Waals surface area contributed by atoms with Gasteiger partial charge in [0.05, 0.1) is 5.92 Å². The second kappa shape index (κ2) is 6.73. The smallest absolute Gasteiger partial charge is 0.306 e. The quantitative estimate of drug-likeness (QED) is 0.931. The molecule has 23 heavy (non-hydrogen) atoms. The van der Waals surface area contributed by atoms with E-state index >= 15 is 0 Å². The SMILES string of the molecule is CC1C(c2ccccc2)CCN1C(=O)C1CCC(C(=O)O)CC1. The average Bonchev–Trinajstić information content (AvgIpc) is 2.96. The number of carbonyl (C=O) groups is 2. The average molecular weight is 315 g/mol. The van der Waals surface area contributed by atoms with Gasteiger partial charge < -0.3 is 10.0 Å². The van der Waals surface area contributed by atoms with E-state index in [1.807, 2.05) is 11.0 Å². The molecule has 2 aliphatic rings. The van der Waals surface area contributed by atoms with Gasteiger partial charge in [0.2, 0.25) is 5.91 Å². The molecule has 2 atom stereocenters. The van der Waals surface area contributed by atoms with Crippen LogP contribution >= 0.6 is 0 Å². The highest BCUT2D eigenvalue weighted by Crippen LogP contribution is 2.37. The second-order valence-corrected chi connectivity index (χ2v) is 6.96. The maximum absolute atomic E-state index is 12.8. The lowest BCUT2D eigenvalue weighted by Gasteiger charge is -2.32. The Morgan fingerprint density at radius 3 is 2.22 bits per heavy atom. The van der Waals surface area contributed by atoms with Crippen molar-refractivity contribution in [3.05, 3.63) is 35.9 Å². The van der Waals surface area contributed by atoms with Crippen molar-refractivity contribution in [1.82, 2.24) is 4.90 Å². The van der Waals surface area contributed by atoms with Crippen molar-refractivity contribution in [1.29, 1.82) is 0 Å². The van der Waals surface area contributed by atoms with E-state index in [-0.39, 0.29) is 23.8 Å². The fourth-order valence-electron chi connectivity index (χ4n) is 4.22. The van der Waals surface area contributed by atoms with Crippen LogP contribution in [0.15, 0.2) is 30.3 Å². The second-order valence-electron chi connectivity index (χ2n) is 6.96. The summed E-state index contributed by atoms with van der Waals surface area (Å²) in [5, 5.41) is 9.08. The Bertz CT molecular complexity index is 563. The predicted octanol–water partition coefficient (Wildman–Crippen LogP) is 3.28. The summed E-state index contributed by atoms with van der Waals surface area (Å²) < 4.78 is 0. The van der Waals surface area contributed by atoms with Gasteiger partial charge in [0, 0.05) is 24.4 Å². The maximum Gasteiger partial charge on any atom is 0.306 e. The molecule has 0 aromatic heterocycles. The van der Waals surface area contributed by atoms with Crippen LogP contribution in [0.1, 0.15) is 50.5 Å². The summed E-state index contributed by atoms with van der Waals surface area (Å²) in [6, 6.07) is 10.6. The summed E-state index contributed by atoms with van der Waals surface area (Å²) in [4.78, 5) is 25.9. The monoisotopic (exact) mass is 315 g/mol. The molecule has 1 saturated carbocycles. The molecule has 1 aromatic rings. The van der Waals surface area contributed by atoms with Crippen LogP contribution < -0.4 is 0 Å². The third-order valence-electron chi connectivity index (χ3n) is 5.69. The molecule has 1 N–H and O–H groups in total. The molecular formula is C19H25NO3. The molecule has 1 heterocycles. The van der Waals surface area contributed by atoms with Crippen LogP contribution in [-0.2, 0) is 9.59 Å². The number of nitrogens with zero attached hydrogens (tertiary/aromatic N) is 1. The van der Waals surface area contributed by atoms with Gasteiger partial charge in [0.15, 0.2) is 0 Å². The fourth-order valence-corrected chi connectivity index (χ4v) is 4.22. The number of amides is 1. The molecule has 1 saturated heterocycles. The molecule has 1 amide bonds. The number of aliphatic carboxylic acids is 1. The Kier molecular flexibility index (Phi) is 4.69. The van der Waals surface area contributed by atoms with Crippen molar-refractivity contribution in [2.45, 2.75) is 51.0 Å². The first kappa shape index (κ1) is 16.0. The number of hydrogen-bond acceptors (Lipinski definition) is 2. The van der Waals surface area contributed by atoms with E-state index in [2.05, 4.69) is 31.2 Å². The molecule has 1 aliphatic heterocycles. The zero-order chi connectivity index (χ0) is 16.4. The molecule has 4 heteroatoms. The summed E-state index contributed by atoms with van der Waals surface area (Å²) in [6.07, 6.45) is 3.72. The van der Waals surface area contributed by atoms with E-state index in [1.165, 1.54) is 5.56 Å². The lowest BCUT2D eigenvalue weighted by atomic mass is 9.81. The molecule has 0 radical (unpaired) electrons. The van der Waals surface area contributed by atoms with E-state index in [9.17, 15) is 9.59 Å². The van der Waals surface area contributed by atoms with Crippen LogP contribution in [0.5, 0.6) is 0 Å². The summed E-state index contributed by atoms with van der Waals surface area (Å²) in [6.45, 7) is 2.96. The Morgan fingerprint density at radius 1 is 1.00 bits per heavy atom. The van der Waals surface area contributed by atoms with Crippen molar-refractivity contribution in [2.75, 3.05) is 6.54 Å². The largest absolute Gasteiger partial charge is 0.481 e. The standard InChI is InChI=1S/C19H25NO3/c1-13-17(14-5-3-2-4-6-14)11-12-20(13)18(21)15-7-9-16(10-8-15)19(22)23/h2-6,13,15-17H,7-12H2,1H3,(H,22,23). The zero-order valence-electron chi connectivity index (χ0n) is 13.6. The molecule has 0 spiro atoms. The molecule has 1 aliphatic carbocycles. The molecule has 4 nitrogen and oxygen atoms in total. The lowest BCUT2D eigenvalue weighted by molar-refractivity contribution is -0.145. The van der Waals surface area contributed by atoms with Gasteiger partial charge in [-0.05, 0) is 44.6 Å². The van der Waals surface area contributed by atoms with Gasteiger partial charge in [-0.25, -0.2) is 0 Å².